The maximum Gasteiger partial charge on any atom is 0.230 e. The number of likely N-dealkylation sites (tertiary alicyclic amines) is 2. The predicted molar refractivity (Wildman–Crippen MR) is 79.6 cm³/mol. The van der Waals surface area contributed by atoms with Crippen LogP contribution < -0.4 is 0 Å². The second-order valence-corrected chi connectivity index (χ2v) is 7.17. The summed E-state index contributed by atoms with van der Waals surface area (Å²) in [5, 5.41) is 0. The van der Waals surface area contributed by atoms with Crippen LogP contribution in [0.2, 0.25) is 0 Å². The highest BCUT2D eigenvalue weighted by Gasteiger charge is 2.48. The van der Waals surface area contributed by atoms with Crippen molar-refractivity contribution in [2.24, 2.45) is 11.3 Å². The van der Waals surface area contributed by atoms with E-state index in [1.807, 2.05) is 12.3 Å². The van der Waals surface area contributed by atoms with Crippen LogP contribution in [0.3, 0.4) is 0 Å². The molecule has 1 unspecified atom stereocenters. The molecule has 1 aromatic heterocycles. The van der Waals surface area contributed by atoms with Crippen LogP contribution in [-0.2, 0) is 11.3 Å². The molecule has 2 saturated heterocycles. The van der Waals surface area contributed by atoms with Gasteiger partial charge in [-0.05, 0) is 50.6 Å². The first-order valence-corrected chi connectivity index (χ1v) is 8.28. The van der Waals surface area contributed by atoms with Crippen molar-refractivity contribution < 1.29 is 9.21 Å². The summed E-state index contributed by atoms with van der Waals surface area (Å²) in [6, 6.07) is 2.02. The van der Waals surface area contributed by atoms with Crippen molar-refractivity contribution in [3.63, 3.8) is 0 Å². The van der Waals surface area contributed by atoms with Crippen molar-refractivity contribution in [1.29, 1.82) is 0 Å². The number of furan rings is 1. The third-order valence-corrected chi connectivity index (χ3v) is 5.42. The highest BCUT2D eigenvalue weighted by atomic mass is 16.3. The Bertz CT molecular complexity index is 509. The maximum absolute atomic E-state index is 12.9. The Balaban J connectivity index is 1.42. The molecule has 1 aliphatic carbocycles. The summed E-state index contributed by atoms with van der Waals surface area (Å²) < 4.78 is 5.15. The quantitative estimate of drug-likeness (QED) is 0.854. The van der Waals surface area contributed by atoms with Crippen LogP contribution in [0.1, 0.15) is 37.7 Å². The molecule has 114 valence electrons. The maximum atomic E-state index is 12.9. The molecule has 2 aliphatic heterocycles. The van der Waals surface area contributed by atoms with Crippen molar-refractivity contribution in [2.45, 2.75) is 38.6 Å². The van der Waals surface area contributed by atoms with E-state index in [-0.39, 0.29) is 5.41 Å². The largest absolute Gasteiger partial charge is 0.472 e. The van der Waals surface area contributed by atoms with E-state index in [0.717, 1.165) is 51.5 Å². The number of rotatable bonds is 4. The van der Waals surface area contributed by atoms with E-state index >= 15 is 0 Å². The van der Waals surface area contributed by atoms with Gasteiger partial charge in [0.2, 0.25) is 5.91 Å². The van der Waals surface area contributed by atoms with Crippen molar-refractivity contribution >= 4 is 5.91 Å². The van der Waals surface area contributed by atoms with Gasteiger partial charge in [0.05, 0.1) is 17.9 Å². The fourth-order valence-electron chi connectivity index (χ4n) is 4.05. The first kappa shape index (κ1) is 13.4. The molecule has 1 atom stereocenters. The normalized spacial score (nSPS) is 30.5. The van der Waals surface area contributed by atoms with Crippen molar-refractivity contribution in [1.82, 2.24) is 9.80 Å². The monoisotopic (exact) mass is 288 g/mol. The van der Waals surface area contributed by atoms with Crippen molar-refractivity contribution in [3.8, 4) is 0 Å². The Hall–Kier alpha value is -1.29. The number of piperidine rings is 1. The van der Waals surface area contributed by atoms with Gasteiger partial charge in [-0.2, -0.15) is 0 Å². The molecule has 3 aliphatic rings. The van der Waals surface area contributed by atoms with Crippen LogP contribution in [0.5, 0.6) is 0 Å². The number of carbonyl (C=O) groups is 1. The Morgan fingerprint density at radius 3 is 2.95 bits per heavy atom. The van der Waals surface area contributed by atoms with Gasteiger partial charge in [0.25, 0.3) is 0 Å². The Labute approximate surface area is 126 Å². The first-order chi connectivity index (χ1) is 10.3. The number of hydrogen-bond acceptors (Lipinski definition) is 3. The Morgan fingerprint density at radius 2 is 2.19 bits per heavy atom. The molecular formula is C17H24N2O2. The molecule has 4 nitrogen and oxygen atoms in total. The molecule has 0 bridgehead atoms. The summed E-state index contributed by atoms with van der Waals surface area (Å²) in [4.78, 5) is 17.5. The third-order valence-electron chi connectivity index (χ3n) is 5.42. The Morgan fingerprint density at radius 1 is 1.29 bits per heavy atom. The van der Waals surface area contributed by atoms with Crippen LogP contribution in [-0.4, -0.2) is 41.9 Å². The van der Waals surface area contributed by atoms with Crippen LogP contribution in [0.4, 0.5) is 0 Å². The minimum absolute atomic E-state index is 0.0864. The lowest BCUT2D eigenvalue weighted by molar-refractivity contribution is -0.145. The molecule has 1 spiro atoms. The van der Waals surface area contributed by atoms with E-state index in [9.17, 15) is 4.79 Å². The number of amides is 1. The number of hydrogen-bond donors (Lipinski definition) is 0. The third kappa shape index (κ3) is 2.61. The van der Waals surface area contributed by atoms with E-state index in [1.54, 1.807) is 6.26 Å². The zero-order valence-corrected chi connectivity index (χ0v) is 12.6. The van der Waals surface area contributed by atoms with Gasteiger partial charge in [-0.1, -0.05) is 0 Å². The van der Waals surface area contributed by atoms with Gasteiger partial charge in [0.15, 0.2) is 0 Å². The average molecular weight is 288 g/mol. The van der Waals surface area contributed by atoms with E-state index < -0.39 is 0 Å². The second kappa shape index (κ2) is 5.16. The van der Waals surface area contributed by atoms with Crippen LogP contribution in [0.25, 0.3) is 0 Å². The zero-order valence-electron chi connectivity index (χ0n) is 12.6. The molecule has 0 N–H and O–H groups in total. The lowest BCUT2D eigenvalue weighted by Crippen LogP contribution is -2.50. The van der Waals surface area contributed by atoms with E-state index in [1.165, 1.54) is 24.8 Å². The number of carbonyl (C=O) groups excluding carboxylic acids is 1. The van der Waals surface area contributed by atoms with Gasteiger partial charge >= 0.3 is 0 Å². The summed E-state index contributed by atoms with van der Waals surface area (Å²) in [6.45, 7) is 4.88. The predicted octanol–water partition coefficient (Wildman–Crippen LogP) is 2.50. The van der Waals surface area contributed by atoms with Crippen molar-refractivity contribution in [2.75, 3.05) is 26.2 Å². The second-order valence-electron chi connectivity index (χ2n) is 7.17. The molecule has 0 radical (unpaired) electrons. The highest BCUT2D eigenvalue weighted by molar-refractivity contribution is 5.84. The molecule has 0 aromatic carbocycles. The van der Waals surface area contributed by atoms with Gasteiger partial charge in [-0.25, -0.2) is 0 Å². The van der Waals surface area contributed by atoms with E-state index in [0.29, 0.717) is 5.91 Å². The topological polar surface area (TPSA) is 36.7 Å². The van der Waals surface area contributed by atoms with E-state index in [2.05, 4.69) is 9.80 Å². The van der Waals surface area contributed by atoms with E-state index in [4.69, 9.17) is 4.42 Å². The van der Waals surface area contributed by atoms with Gasteiger partial charge in [-0.15, -0.1) is 0 Å². The molecule has 4 heteroatoms. The molecule has 1 saturated carbocycles. The fourth-order valence-corrected chi connectivity index (χ4v) is 4.05. The molecular weight excluding hydrogens is 264 g/mol. The molecule has 1 amide bonds. The molecule has 4 rings (SSSR count). The van der Waals surface area contributed by atoms with Crippen LogP contribution in [0, 0.1) is 11.3 Å². The minimum atomic E-state index is -0.0864. The van der Waals surface area contributed by atoms with Gasteiger partial charge in [-0.3, -0.25) is 9.69 Å². The molecule has 3 heterocycles. The number of nitrogens with zero attached hydrogens (tertiary/aromatic N) is 2. The first-order valence-electron chi connectivity index (χ1n) is 8.28. The summed E-state index contributed by atoms with van der Waals surface area (Å²) >= 11 is 0. The SMILES string of the molecule is O=C1N(CC2CC2)CCCC12CCN(Cc1ccoc1)C2. The van der Waals surface area contributed by atoms with Gasteiger partial charge in [0.1, 0.15) is 0 Å². The summed E-state index contributed by atoms with van der Waals surface area (Å²) in [6.07, 6.45) is 9.47. The fraction of sp³-hybridized carbons (Fsp3) is 0.706. The summed E-state index contributed by atoms with van der Waals surface area (Å²) in [5.41, 5.74) is 1.13. The lowest BCUT2D eigenvalue weighted by Gasteiger charge is -2.39. The lowest BCUT2D eigenvalue weighted by atomic mass is 9.78. The molecule has 3 fully saturated rings. The van der Waals surface area contributed by atoms with Gasteiger partial charge in [0, 0.05) is 31.7 Å². The zero-order chi connectivity index (χ0) is 14.3. The van der Waals surface area contributed by atoms with Crippen LogP contribution in [0.15, 0.2) is 23.0 Å². The van der Waals surface area contributed by atoms with Gasteiger partial charge < -0.3 is 9.32 Å². The highest BCUT2D eigenvalue weighted by Crippen LogP contribution is 2.42. The smallest absolute Gasteiger partial charge is 0.230 e. The minimum Gasteiger partial charge on any atom is -0.472 e. The molecule has 1 aromatic rings. The standard InChI is InChI=1S/C17H24N2O2/c20-16-17(5-1-7-19(16)11-14-2-3-14)6-8-18(13-17)10-15-4-9-21-12-15/h4,9,12,14H,1-3,5-8,10-11,13H2. The van der Waals surface area contributed by atoms with Crippen molar-refractivity contribution in [3.05, 3.63) is 24.2 Å². The summed E-state index contributed by atoms with van der Waals surface area (Å²) in [7, 11) is 0. The Kier molecular flexibility index (Phi) is 3.29. The average Bonchev–Trinajstić information content (AvgIpc) is 2.98. The van der Waals surface area contributed by atoms with Crippen LogP contribution >= 0.6 is 0 Å². The molecule has 21 heavy (non-hydrogen) atoms. The summed E-state index contributed by atoms with van der Waals surface area (Å²) in [5.74, 6) is 1.24.